The molecule has 0 aromatic heterocycles. The van der Waals surface area contributed by atoms with Crippen LogP contribution in [0, 0.1) is 11.8 Å². The van der Waals surface area contributed by atoms with E-state index in [1.54, 1.807) is 20.8 Å². The summed E-state index contributed by atoms with van der Waals surface area (Å²) >= 11 is 0. The minimum Gasteiger partial charge on any atom is -0.300 e. The molecular formula is C13H30O3S. The summed E-state index contributed by atoms with van der Waals surface area (Å²) in [6.45, 7) is 15.2. The molecule has 0 spiro atoms. The molecule has 0 N–H and O–H groups in total. The number of ketones is 1. The lowest BCUT2D eigenvalue weighted by Crippen LogP contribution is -2.10. The van der Waals surface area contributed by atoms with Gasteiger partial charge in [-0.3, -0.25) is 4.79 Å². The number of carbonyl (C=O) groups is 1. The van der Waals surface area contributed by atoms with Gasteiger partial charge in [0.1, 0.15) is 15.6 Å². The van der Waals surface area contributed by atoms with Crippen LogP contribution in [0.1, 0.15) is 55.4 Å². The number of hydrogen-bond acceptors (Lipinski definition) is 3. The second-order valence-electron chi connectivity index (χ2n) is 5.38. The quantitative estimate of drug-likeness (QED) is 0.770. The minimum atomic E-state index is -2.74. The van der Waals surface area contributed by atoms with E-state index in [4.69, 9.17) is 0 Å². The zero-order valence-corrected chi connectivity index (χ0v) is 13.7. The topological polar surface area (TPSA) is 51.2 Å². The van der Waals surface area contributed by atoms with Crippen molar-refractivity contribution in [2.75, 3.05) is 6.26 Å². The Labute approximate surface area is 108 Å². The molecule has 0 atom stereocenters. The average Bonchev–Trinajstić information content (AvgIpc) is 2.01. The number of sulfone groups is 1. The van der Waals surface area contributed by atoms with Crippen molar-refractivity contribution in [1.29, 1.82) is 0 Å². The van der Waals surface area contributed by atoms with Gasteiger partial charge in [0.2, 0.25) is 0 Å². The fraction of sp³-hybridized carbons (Fsp3) is 0.923. The zero-order valence-electron chi connectivity index (χ0n) is 12.9. The van der Waals surface area contributed by atoms with E-state index in [-0.39, 0.29) is 17.0 Å². The normalized spacial score (nSPS) is 10.6. The van der Waals surface area contributed by atoms with Gasteiger partial charge in [-0.25, -0.2) is 8.42 Å². The summed E-state index contributed by atoms with van der Waals surface area (Å²) in [6, 6.07) is 0. The Morgan fingerprint density at radius 3 is 1.00 bits per heavy atom. The van der Waals surface area contributed by atoms with Crippen molar-refractivity contribution in [2.24, 2.45) is 11.8 Å². The monoisotopic (exact) mass is 266 g/mol. The van der Waals surface area contributed by atoms with E-state index in [0.29, 0.717) is 0 Å². The van der Waals surface area contributed by atoms with E-state index in [2.05, 4.69) is 20.8 Å². The third-order valence-corrected chi connectivity index (χ3v) is 3.38. The Kier molecular flexibility index (Phi) is 13.8. The Morgan fingerprint density at radius 1 is 0.882 bits per heavy atom. The molecule has 0 amide bonds. The third kappa shape index (κ3) is 31.3. The third-order valence-electron chi connectivity index (χ3n) is 1.67. The Balaban J connectivity index is -0.000000180. The Bertz CT molecular complexity index is 272. The molecule has 3 nitrogen and oxygen atoms in total. The highest BCUT2D eigenvalue weighted by atomic mass is 32.2. The Hall–Kier alpha value is -0.380. The standard InChI is InChI=1S/C5H10O.C4H10O2S.C4H10/c1-4(2)5(3)6;1-4(2)7(3,5)6;1-4(2)3/h4H,1-3H3;4H,1-3H3;4H,1-3H3. The molecule has 0 radical (unpaired) electrons. The van der Waals surface area contributed by atoms with Crippen LogP contribution >= 0.6 is 0 Å². The lowest BCUT2D eigenvalue weighted by Gasteiger charge is -1.96. The predicted octanol–water partition coefficient (Wildman–Crippen LogP) is 3.33. The molecule has 106 valence electrons. The molecular weight excluding hydrogens is 236 g/mol. The van der Waals surface area contributed by atoms with Gasteiger partial charge in [-0.2, -0.15) is 0 Å². The molecule has 0 aliphatic carbocycles. The first kappa shape index (κ1) is 21.9. The second kappa shape index (κ2) is 10.8. The fourth-order valence-corrected chi connectivity index (χ4v) is 0. The van der Waals surface area contributed by atoms with E-state index in [1.807, 2.05) is 13.8 Å². The first-order chi connectivity index (χ1) is 7.32. The maximum absolute atomic E-state index is 10.3. The molecule has 0 heterocycles. The van der Waals surface area contributed by atoms with Gasteiger partial charge in [0.15, 0.2) is 0 Å². The fourth-order valence-electron chi connectivity index (χ4n) is 0. The van der Waals surface area contributed by atoms with Gasteiger partial charge in [0.25, 0.3) is 0 Å². The molecule has 0 saturated heterocycles. The summed E-state index contributed by atoms with van der Waals surface area (Å²) in [6.07, 6.45) is 1.23. The van der Waals surface area contributed by atoms with Gasteiger partial charge in [0, 0.05) is 12.2 Å². The summed E-state index contributed by atoms with van der Waals surface area (Å²) < 4.78 is 20.7. The van der Waals surface area contributed by atoms with Crippen LogP contribution < -0.4 is 0 Å². The second-order valence-corrected chi connectivity index (χ2v) is 7.98. The number of carbonyl (C=O) groups excluding carboxylic acids is 1. The lowest BCUT2D eigenvalue weighted by molar-refractivity contribution is -0.119. The van der Waals surface area contributed by atoms with Crippen molar-refractivity contribution in [1.82, 2.24) is 0 Å². The summed E-state index contributed by atoms with van der Waals surface area (Å²) in [4.78, 5) is 10.1. The van der Waals surface area contributed by atoms with Crippen LogP contribution in [-0.2, 0) is 14.6 Å². The van der Waals surface area contributed by atoms with Crippen LogP contribution in [0.25, 0.3) is 0 Å². The van der Waals surface area contributed by atoms with Crippen LogP contribution in [0.3, 0.4) is 0 Å². The molecule has 0 aliphatic rings. The van der Waals surface area contributed by atoms with E-state index < -0.39 is 9.84 Å². The lowest BCUT2D eigenvalue weighted by atomic mass is 10.1. The van der Waals surface area contributed by atoms with Crippen LogP contribution in [0.2, 0.25) is 0 Å². The van der Waals surface area contributed by atoms with E-state index in [9.17, 15) is 13.2 Å². The SMILES string of the molecule is CC(=O)C(C)C.CC(C)C.CC(C)S(C)(=O)=O. The summed E-state index contributed by atoms with van der Waals surface area (Å²) in [5.74, 6) is 1.31. The van der Waals surface area contributed by atoms with Crippen molar-refractivity contribution in [3.05, 3.63) is 0 Å². The summed E-state index contributed by atoms with van der Waals surface area (Å²) in [7, 11) is -2.74. The molecule has 0 bridgehead atoms. The highest BCUT2D eigenvalue weighted by molar-refractivity contribution is 7.91. The van der Waals surface area contributed by atoms with Crippen molar-refractivity contribution < 1.29 is 13.2 Å². The largest absolute Gasteiger partial charge is 0.300 e. The average molecular weight is 266 g/mol. The minimum absolute atomic E-state index is 0.213. The Morgan fingerprint density at radius 2 is 1.00 bits per heavy atom. The van der Waals surface area contributed by atoms with Gasteiger partial charge in [-0.05, 0) is 26.7 Å². The highest BCUT2D eigenvalue weighted by Gasteiger charge is 2.05. The van der Waals surface area contributed by atoms with E-state index >= 15 is 0 Å². The van der Waals surface area contributed by atoms with Crippen LogP contribution in [0.5, 0.6) is 0 Å². The zero-order chi connectivity index (χ0) is 14.8. The van der Waals surface area contributed by atoms with E-state index in [1.165, 1.54) is 6.26 Å². The van der Waals surface area contributed by atoms with Gasteiger partial charge in [-0.15, -0.1) is 0 Å². The maximum atomic E-state index is 10.3. The van der Waals surface area contributed by atoms with Gasteiger partial charge in [-0.1, -0.05) is 34.6 Å². The molecule has 17 heavy (non-hydrogen) atoms. The molecule has 0 aliphatic heterocycles. The molecule has 0 aromatic carbocycles. The van der Waals surface area contributed by atoms with Crippen molar-refractivity contribution in [3.8, 4) is 0 Å². The summed E-state index contributed by atoms with van der Waals surface area (Å²) in [5.41, 5.74) is 0. The van der Waals surface area contributed by atoms with Crippen LogP contribution in [-0.4, -0.2) is 25.7 Å². The summed E-state index contributed by atoms with van der Waals surface area (Å²) in [5, 5.41) is -0.229. The van der Waals surface area contributed by atoms with Crippen molar-refractivity contribution in [2.45, 2.75) is 60.6 Å². The van der Waals surface area contributed by atoms with Gasteiger partial charge < -0.3 is 0 Å². The number of rotatable bonds is 2. The smallest absolute Gasteiger partial charge is 0.149 e. The molecule has 0 rings (SSSR count). The first-order valence-electron chi connectivity index (χ1n) is 6.01. The van der Waals surface area contributed by atoms with Crippen LogP contribution in [0.15, 0.2) is 0 Å². The van der Waals surface area contributed by atoms with Crippen LogP contribution in [0.4, 0.5) is 0 Å². The molecule has 0 aromatic rings. The first-order valence-corrected chi connectivity index (χ1v) is 7.97. The number of Topliss-reactive ketones (excluding diaryl/α,β-unsaturated/α-hetero) is 1. The number of hydrogen-bond donors (Lipinski definition) is 0. The van der Waals surface area contributed by atoms with Crippen molar-refractivity contribution >= 4 is 15.6 Å². The highest BCUT2D eigenvalue weighted by Crippen LogP contribution is 1.92. The molecule has 0 fully saturated rings. The molecule has 0 saturated carbocycles. The molecule has 0 unspecified atom stereocenters. The van der Waals surface area contributed by atoms with Crippen molar-refractivity contribution in [3.63, 3.8) is 0 Å². The molecule has 4 heteroatoms. The van der Waals surface area contributed by atoms with Gasteiger partial charge in [0.05, 0.1) is 5.25 Å². The predicted molar refractivity (Wildman–Crippen MR) is 76.0 cm³/mol. The van der Waals surface area contributed by atoms with E-state index in [0.717, 1.165) is 5.92 Å². The van der Waals surface area contributed by atoms with Gasteiger partial charge >= 0.3 is 0 Å². The maximum Gasteiger partial charge on any atom is 0.149 e.